The van der Waals surface area contributed by atoms with Gasteiger partial charge in [0.15, 0.2) is 0 Å². The summed E-state index contributed by atoms with van der Waals surface area (Å²) in [6.45, 7) is 1.93. The highest BCUT2D eigenvalue weighted by atomic mass is 32.1. The number of aliphatic hydroxyl groups excluding tert-OH is 1. The van der Waals surface area contributed by atoms with Gasteiger partial charge in [-0.3, -0.25) is 0 Å². The highest BCUT2D eigenvalue weighted by Crippen LogP contribution is 2.32. The van der Waals surface area contributed by atoms with Gasteiger partial charge in [0.05, 0.1) is 4.88 Å². The van der Waals surface area contributed by atoms with Crippen LogP contribution in [0.15, 0.2) is 22.9 Å². The highest BCUT2D eigenvalue weighted by Gasteiger charge is 2.18. The van der Waals surface area contributed by atoms with E-state index in [1.54, 1.807) is 16.7 Å². The number of aryl methyl sites for hydroxylation is 1. The van der Waals surface area contributed by atoms with Crippen molar-refractivity contribution >= 4 is 22.7 Å². The predicted octanol–water partition coefficient (Wildman–Crippen LogP) is 3.34. The first-order chi connectivity index (χ1) is 6.70. The highest BCUT2D eigenvalue weighted by molar-refractivity contribution is 7.10. The molecule has 2 aromatic rings. The van der Waals surface area contributed by atoms with Crippen LogP contribution in [0.2, 0.25) is 0 Å². The summed E-state index contributed by atoms with van der Waals surface area (Å²) in [5, 5.41) is 13.5. The lowest BCUT2D eigenvalue weighted by Crippen LogP contribution is -1.98. The molecule has 0 saturated heterocycles. The molecular weight excluding hydrogens is 219 g/mol. The van der Waals surface area contributed by atoms with Crippen molar-refractivity contribution in [2.75, 3.05) is 0 Å². The molecule has 1 nitrogen and oxygen atoms in total. The van der Waals surface area contributed by atoms with Gasteiger partial charge in [-0.25, -0.2) is 4.39 Å². The Kier molecular flexibility index (Phi) is 2.67. The van der Waals surface area contributed by atoms with Gasteiger partial charge >= 0.3 is 0 Å². The van der Waals surface area contributed by atoms with Crippen molar-refractivity contribution in [3.8, 4) is 0 Å². The Bertz CT molecular complexity index is 393. The lowest BCUT2D eigenvalue weighted by molar-refractivity contribution is 0.219. The van der Waals surface area contributed by atoms with Crippen molar-refractivity contribution in [2.45, 2.75) is 13.0 Å². The number of hydrogen-bond donors (Lipinski definition) is 1. The van der Waals surface area contributed by atoms with Crippen LogP contribution in [0.4, 0.5) is 4.39 Å². The Morgan fingerprint density at radius 1 is 1.29 bits per heavy atom. The maximum Gasteiger partial charge on any atom is 0.140 e. The predicted molar refractivity (Wildman–Crippen MR) is 57.4 cm³/mol. The van der Waals surface area contributed by atoms with E-state index in [1.807, 2.05) is 18.4 Å². The molecule has 74 valence electrons. The molecule has 0 amide bonds. The zero-order valence-electron chi connectivity index (χ0n) is 7.53. The number of halogens is 1. The van der Waals surface area contributed by atoms with E-state index in [1.165, 1.54) is 17.4 Å². The molecule has 1 N–H and O–H groups in total. The minimum Gasteiger partial charge on any atom is -0.383 e. The molecule has 0 bridgehead atoms. The second-order valence-electron chi connectivity index (χ2n) is 2.97. The summed E-state index contributed by atoms with van der Waals surface area (Å²) in [6, 6.07) is 3.22. The van der Waals surface area contributed by atoms with Crippen LogP contribution >= 0.6 is 22.7 Å². The maximum atomic E-state index is 13.2. The summed E-state index contributed by atoms with van der Waals surface area (Å²) in [7, 11) is 0. The van der Waals surface area contributed by atoms with Crippen LogP contribution in [0.1, 0.15) is 21.4 Å². The van der Waals surface area contributed by atoms with Gasteiger partial charge in [0, 0.05) is 4.88 Å². The van der Waals surface area contributed by atoms with Crippen molar-refractivity contribution in [1.29, 1.82) is 0 Å². The minimum atomic E-state index is -0.818. The van der Waals surface area contributed by atoms with Gasteiger partial charge in [-0.2, -0.15) is 0 Å². The Morgan fingerprint density at radius 2 is 2.00 bits per heavy atom. The normalized spacial score (nSPS) is 13.1. The third kappa shape index (κ3) is 1.61. The topological polar surface area (TPSA) is 20.2 Å². The van der Waals surface area contributed by atoms with E-state index < -0.39 is 6.10 Å². The van der Waals surface area contributed by atoms with Crippen LogP contribution in [-0.4, -0.2) is 5.11 Å². The van der Waals surface area contributed by atoms with Crippen LogP contribution in [0.5, 0.6) is 0 Å². The number of thiophene rings is 2. The number of rotatable bonds is 2. The molecule has 2 rings (SSSR count). The van der Waals surface area contributed by atoms with Gasteiger partial charge in [-0.15, -0.1) is 22.7 Å². The molecule has 1 unspecified atom stereocenters. The number of hydrogen-bond acceptors (Lipinski definition) is 3. The fourth-order valence-electron chi connectivity index (χ4n) is 1.32. The van der Waals surface area contributed by atoms with Crippen molar-refractivity contribution in [3.63, 3.8) is 0 Å². The smallest absolute Gasteiger partial charge is 0.140 e. The molecule has 0 aliphatic rings. The summed E-state index contributed by atoms with van der Waals surface area (Å²) in [5.41, 5.74) is 0.802. The van der Waals surface area contributed by atoms with Crippen molar-refractivity contribution in [2.24, 2.45) is 0 Å². The molecule has 14 heavy (non-hydrogen) atoms. The van der Waals surface area contributed by atoms with Crippen LogP contribution in [0, 0.1) is 12.7 Å². The van der Waals surface area contributed by atoms with Gasteiger partial charge in [0.25, 0.3) is 0 Å². The molecule has 0 spiro atoms. The lowest BCUT2D eigenvalue weighted by atomic mass is 10.1. The van der Waals surface area contributed by atoms with E-state index in [4.69, 9.17) is 0 Å². The van der Waals surface area contributed by atoms with Crippen molar-refractivity contribution in [1.82, 2.24) is 0 Å². The molecule has 0 aliphatic heterocycles. The summed E-state index contributed by atoms with van der Waals surface area (Å²) in [6.07, 6.45) is -0.818. The summed E-state index contributed by atoms with van der Waals surface area (Å²) >= 11 is 2.80. The lowest BCUT2D eigenvalue weighted by Gasteiger charge is -2.07. The molecule has 0 fully saturated rings. The Balaban J connectivity index is 2.38. The molecule has 0 aliphatic carbocycles. The van der Waals surface area contributed by atoms with E-state index in [-0.39, 0.29) is 5.82 Å². The van der Waals surface area contributed by atoms with Crippen LogP contribution in [0.25, 0.3) is 0 Å². The molecule has 2 heterocycles. The fourth-order valence-corrected chi connectivity index (χ4v) is 2.83. The Labute approximate surface area is 89.5 Å². The van der Waals surface area contributed by atoms with E-state index in [2.05, 4.69) is 0 Å². The van der Waals surface area contributed by atoms with E-state index in [0.29, 0.717) is 4.88 Å². The van der Waals surface area contributed by atoms with Crippen LogP contribution in [-0.2, 0) is 0 Å². The third-order valence-electron chi connectivity index (χ3n) is 2.09. The van der Waals surface area contributed by atoms with Gasteiger partial charge in [-0.1, -0.05) is 0 Å². The Morgan fingerprint density at radius 3 is 2.50 bits per heavy atom. The van der Waals surface area contributed by atoms with Gasteiger partial charge in [-0.05, 0) is 35.4 Å². The van der Waals surface area contributed by atoms with E-state index >= 15 is 0 Å². The van der Waals surface area contributed by atoms with Crippen LogP contribution in [0.3, 0.4) is 0 Å². The molecule has 4 heteroatoms. The third-order valence-corrected chi connectivity index (χ3v) is 3.89. The average molecular weight is 228 g/mol. The monoisotopic (exact) mass is 228 g/mol. The average Bonchev–Trinajstić information content (AvgIpc) is 2.73. The van der Waals surface area contributed by atoms with E-state index in [9.17, 15) is 9.50 Å². The van der Waals surface area contributed by atoms with Crippen molar-refractivity contribution < 1.29 is 9.50 Å². The second-order valence-corrected chi connectivity index (χ2v) is 5.04. The fraction of sp³-hybridized carbons (Fsp3) is 0.200. The summed E-state index contributed by atoms with van der Waals surface area (Å²) < 4.78 is 13.2. The molecule has 2 aromatic heterocycles. The molecular formula is C10H9FOS2. The Hall–Kier alpha value is -0.710. The summed E-state index contributed by atoms with van der Waals surface area (Å²) in [5.74, 6) is -0.326. The minimum absolute atomic E-state index is 0.326. The van der Waals surface area contributed by atoms with Crippen molar-refractivity contribution in [3.05, 3.63) is 44.0 Å². The van der Waals surface area contributed by atoms with E-state index in [0.717, 1.165) is 10.4 Å². The van der Waals surface area contributed by atoms with Gasteiger partial charge < -0.3 is 5.11 Å². The van der Waals surface area contributed by atoms with Crippen LogP contribution < -0.4 is 0 Å². The first kappa shape index (κ1) is 9.83. The largest absolute Gasteiger partial charge is 0.383 e. The molecule has 0 saturated carbocycles. The molecule has 0 radical (unpaired) electrons. The SMILES string of the molecule is Cc1sccc1C(O)c1sccc1F. The number of aliphatic hydroxyl groups is 1. The van der Waals surface area contributed by atoms with Gasteiger partial charge in [0.2, 0.25) is 0 Å². The van der Waals surface area contributed by atoms with Gasteiger partial charge in [0.1, 0.15) is 11.9 Å². The zero-order chi connectivity index (χ0) is 10.1. The summed E-state index contributed by atoms with van der Waals surface area (Å²) in [4.78, 5) is 1.43. The standard InChI is InChI=1S/C10H9FOS2/c1-6-7(2-4-13-6)9(12)10-8(11)3-5-14-10/h2-5,9,12H,1H3. The molecule has 0 aromatic carbocycles. The zero-order valence-corrected chi connectivity index (χ0v) is 9.16. The first-order valence-electron chi connectivity index (χ1n) is 4.15. The maximum absolute atomic E-state index is 13.2. The second kappa shape index (κ2) is 3.81. The first-order valence-corrected chi connectivity index (χ1v) is 5.91. The molecule has 1 atom stereocenters. The quantitative estimate of drug-likeness (QED) is 0.835.